The van der Waals surface area contributed by atoms with Crippen molar-refractivity contribution >= 4 is 0 Å². The topological polar surface area (TPSA) is 67.3 Å². The van der Waals surface area contributed by atoms with Crippen molar-refractivity contribution in [2.45, 2.75) is 25.9 Å². The monoisotopic (exact) mass is 225 g/mol. The van der Waals surface area contributed by atoms with E-state index >= 15 is 0 Å². The van der Waals surface area contributed by atoms with Gasteiger partial charge in [0.05, 0.1) is 7.11 Å². The molecule has 5 nitrogen and oxygen atoms in total. The van der Waals surface area contributed by atoms with E-state index in [1.165, 1.54) is 13.3 Å². The molecule has 0 amide bonds. The molecule has 0 fully saturated rings. The van der Waals surface area contributed by atoms with Gasteiger partial charge in [-0.05, 0) is 19.9 Å². The molecule has 16 heavy (non-hydrogen) atoms. The van der Waals surface area contributed by atoms with Crippen LogP contribution in [0.3, 0.4) is 0 Å². The lowest BCUT2D eigenvalue weighted by Gasteiger charge is -2.23. The second-order valence-electron chi connectivity index (χ2n) is 3.86. The SMILES string of the molecule is CCCNCC(C)(O)c1nccnc1OC. The molecule has 90 valence electrons. The maximum absolute atomic E-state index is 10.3. The highest BCUT2D eigenvalue weighted by atomic mass is 16.5. The zero-order valence-electron chi connectivity index (χ0n) is 10.0. The predicted octanol–water partition coefficient (Wildman–Crippen LogP) is 0.692. The van der Waals surface area contributed by atoms with Crippen LogP contribution in [0.1, 0.15) is 26.0 Å². The van der Waals surface area contributed by atoms with Gasteiger partial charge in [-0.25, -0.2) is 4.98 Å². The Morgan fingerprint density at radius 1 is 1.44 bits per heavy atom. The first-order valence-electron chi connectivity index (χ1n) is 5.40. The van der Waals surface area contributed by atoms with Gasteiger partial charge in [0.1, 0.15) is 11.3 Å². The molecule has 1 aromatic rings. The van der Waals surface area contributed by atoms with E-state index in [0.29, 0.717) is 18.1 Å². The number of methoxy groups -OCH3 is 1. The van der Waals surface area contributed by atoms with Crippen molar-refractivity contribution in [3.8, 4) is 5.88 Å². The van der Waals surface area contributed by atoms with Gasteiger partial charge in [0, 0.05) is 18.9 Å². The van der Waals surface area contributed by atoms with Crippen LogP contribution in [0.5, 0.6) is 5.88 Å². The second kappa shape index (κ2) is 5.77. The standard InChI is InChI=1S/C11H19N3O2/c1-4-5-12-8-11(2,15)9-10(16-3)14-7-6-13-9/h6-7,12,15H,4-5,8H2,1-3H3. The normalized spacial score (nSPS) is 14.5. The lowest BCUT2D eigenvalue weighted by molar-refractivity contribution is 0.0492. The van der Waals surface area contributed by atoms with Crippen LogP contribution in [0, 0.1) is 0 Å². The van der Waals surface area contributed by atoms with Crippen LogP contribution in [0.15, 0.2) is 12.4 Å². The molecule has 0 radical (unpaired) electrons. The summed E-state index contributed by atoms with van der Waals surface area (Å²) in [6, 6.07) is 0. The molecule has 1 atom stereocenters. The summed E-state index contributed by atoms with van der Waals surface area (Å²) in [5.74, 6) is 0.366. The van der Waals surface area contributed by atoms with E-state index in [9.17, 15) is 5.11 Å². The Bertz CT molecular complexity index is 329. The van der Waals surface area contributed by atoms with Gasteiger partial charge in [0.15, 0.2) is 0 Å². The summed E-state index contributed by atoms with van der Waals surface area (Å²) in [6.45, 7) is 5.06. The maximum Gasteiger partial charge on any atom is 0.238 e. The molecule has 0 aliphatic rings. The van der Waals surface area contributed by atoms with Crippen molar-refractivity contribution in [3.05, 3.63) is 18.1 Å². The summed E-state index contributed by atoms with van der Waals surface area (Å²) < 4.78 is 5.08. The predicted molar refractivity (Wildman–Crippen MR) is 61.3 cm³/mol. The minimum absolute atomic E-state index is 0.366. The van der Waals surface area contributed by atoms with E-state index in [1.807, 2.05) is 0 Å². The van der Waals surface area contributed by atoms with Crippen LogP contribution in [-0.4, -0.2) is 35.3 Å². The number of nitrogens with one attached hydrogen (secondary N) is 1. The number of aliphatic hydroxyl groups is 1. The molecule has 0 spiro atoms. The van der Waals surface area contributed by atoms with Crippen molar-refractivity contribution in [3.63, 3.8) is 0 Å². The zero-order chi connectivity index (χ0) is 12.0. The van der Waals surface area contributed by atoms with E-state index < -0.39 is 5.60 Å². The molecule has 0 aromatic carbocycles. The van der Waals surface area contributed by atoms with Gasteiger partial charge in [0.2, 0.25) is 5.88 Å². The first-order valence-corrected chi connectivity index (χ1v) is 5.40. The van der Waals surface area contributed by atoms with Crippen LogP contribution in [0.2, 0.25) is 0 Å². The third kappa shape index (κ3) is 3.15. The molecule has 0 aliphatic carbocycles. The summed E-state index contributed by atoms with van der Waals surface area (Å²) in [5, 5.41) is 13.4. The third-order valence-corrected chi connectivity index (χ3v) is 2.26. The second-order valence-corrected chi connectivity index (χ2v) is 3.86. The molecule has 1 heterocycles. The van der Waals surface area contributed by atoms with Gasteiger partial charge < -0.3 is 15.2 Å². The largest absolute Gasteiger partial charge is 0.480 e. The summed E-state index contributed by atoms with van der Waals surface area (Å²) >= 11 is 0. The highest BCUT2D eigenvalue weighted by molar-refractivity contribution is 5.23. The highest BCUT2D eigenvalue weighted by Gasteiger charge is 2.28. The lowest BCUT2D eigenvalue weighted by atomic mass is 10.0. The van der Waals surface area contributed by atoms with E-state index in [2.05, 4.69) is 22.2 Å². The Balaban J connectivity index is 2.79. The number of ether oxygens (including phenoxy) is 1. The van der Waals surface area contributed by atoms with Gasteiger partial charge in [0.25, 0.3) is 0 Å². The first-order chi connectivity index (χ1) is 7.61. The summed E-state index contributed by atoms with van der Waals surface area (Å²) in [5.41, 5.74) is -0.615. The number of hydrogen-bond acceptors (Lipinski definition) is 5. The number of hydrogen-bond donors (Lipinski definition) is 2. The molecule has 5 heteroatoms. The van der Waals surface area contributed by atoms with Gasteiger partial charge >= 0.3 is 0 Å². The molecule has 0 saturated carbocycles. The van der Waals surface area contributed by atoms with E-state index in [4.69, 9.17) is 4.74 Å². The van der Waals surface area contributed by atoms with E-state index in [0.717, 1.165) is 13.0 Å². The Morgan fingerprint density at radius 3 is 2.75 bits per heavy atom. The Labute approximate surface area is 95.9 Å². The highest BCUT2D eigenvalue weighted by Crippen LogP contribution is 2.24. The van der Waals surface area contributed by atoms with Crippen molar-refractivity contribution in [1.82, 2.24) is 15.3 Å². The Morgan fingerprint density at radius 2 is 2.12 bits per heavy atom. The van der Waals surface area contributed by atoms with Crippen LogP contribution < -0.4 is 10.1 Å². The van der Waals surface area contributed by atoms with Gasteiger partial charge in [-0.15, -0.1) is 0 Å². The summed E-state index contributed by atoms with van der Waals surface area (Å²) in [4.78, 5) is 8.14. The molecule has 1 aromatic heterocycles. The average molecular weight is 225 g/mol. The zero-order valence-corrected chi connectivity index (χ0v) is 10.0. The molecule has 0 aliphatic heterocycles. The fourth-order valence-corrected chi connectivity index (χ4v) is 1.44. The van der Waals surface area contributed by atoms with Gasteiger partial charge in [-0.1, -0.05) is 6.92 Å². The molecule has 1 unspecified atom stereocenters. The van der Waals surface area contributed by atoms with Crippen LogP contribution in [-0.2, 0) is 5.60 Å². The minimum Gasteiger partial charge on any atom is -0.480 e. The fourth-order valence-electron chi connectivity index (χ4n) is 1.44. The molecule has 2 N–H and O–H groups in total. The molecular weight excluding hydrogens is 206 g/mol. The van der Waals surface area contributed by atoms with Crippen molar-refractivity contribution < 1.29 is 9.84 Å². The van der Waals surface area contributed by atoms with Gasteiger partial charge in [-0.2, -0.15) is 0 Å². The molecule has 0 saturated heterocycles. The van der Waals surface area contributed by atoms with Crippen molar-refractivity contribution in [2.24, 2.45) is 0 Å². The van der Waals surface area contributed by atoms with E-state index in [1.54, 1.807) is 13.1 Å². The minimum atomic E-state index is -1.07. The van der Waals surface area contributed by atoms with Gasteiger partial charge in [-0.3, -0.25) is 4.98 Å². The molecule has 0 bridgehead atoms. The summed E-state index contributed by atoms with van der Waals surface area (Å²) in [7, 11) is 1.52. The quantitative estimate of drug-likeness (QED) is 0.697. The lowest BCUT2D eigenvalue weighted by Crippen LogP contribution is -2.37. The summed E-state index contributed by atoms with van der Waals surface area (Å²) in [6.07, 6.45) is 4.11. The van der Waals surface area contributed by atoms with Crippen LogP contribution >= 0.6 is 0 Å². The molecule has 1 rings (SSSR count). The van der Waals surface area contributed by atoms with Crippen molar-refractivity contribution in [1.29, 1.82) is 0 Å². The number of rotatable bonds is 6. The fraction of sp³-hybridized carbons (Fsp3) is 0.636. The average Bonchev–Trinajstić information content (AvgIpc) is 2.29. The third-order valence-electron chi connectivity index (χ3n) is 2.26. The Kier molecular flexibility index (Phi) is 4.64. The first kappa shape index (κ1) is 12.9. The smallest absolute Gasteiger partial charge is 0.238 e. The Hall–Kier alpha value is -1.20. The maximum atomic E-state index is 10.3. The van der Waals surface area contributed by atoms with Crippen LogP contribution in [0.25, 0.3) is 0 Å². The van der Waals surface area contributed by atoms with Crippen LogP contribution in [0.4, 0.5) is 0 Å². The number of aromatic nitrogens is 2. The molecular formula is C11H19N3O2. The number of nitrogens with zero attached hydrogens (tertiary/aromatic N) is 2. The van der Waals surface area contributed by atoms with Crippen molar-refractivity contribution in [2.75, 3.05) is 20.2 Å². The van der Waals surface area contributed by atoms with E-state index in [-0.39, 0.29) is 0 Å².